The van der Waals surface area contributed by atoms with Gasteiger partial charge in [0.25, 0.3) is 0 Å². The van der Waals surface area contributed by atoms with E-state index in [0.717, 1.165) is 25.9 Å². The average Bonchev–Trinajstić information content (AvgIpc) is 2.02. The lowest BCUT2D eigenvalue weighted by atomic mass is 9.97. The molecule has 0 aromatic carbocycles. The van der Waals surface area contributed by atoms with Gasteiger partial charge in [-0.2, -0.15) is 0 Å². The van der Waals surface area contributed by atoms with E-state index in [1.807, 2.05) is 0 Å². The van der Waals surface area contributed by atoms with Crippen LogP contribution in [0.2, 0.25) is 0 Å². The van der Waals surface area contributed by atoms with Gasteiger partial charge in [0.15, 0.2) is 0 Å². The maximum absolute atomic E-state index is 10.6. The van der Waals surface area contributed by atoms with Gasteiger partial charge in [0.1, 0.15) is 0 Å². The number of hydrogen-bond donors (Lipinski definition) is 1. The van der Waals surface area contributed by atoms with E-state index in [1.54, 1.807) is 0 Å². The number of nitrogens with one attached hydrogen (secondary N) is 1. The first-order valence-corrected chi connectivity index (χ1v) is 6.69. The van der Waals surface area contributed by atoms with Crippen LogP contribution in [0.5, 0.6) is 0 Å². The molecule has 1 heterocycles. The minimum atomic E-state index is -3.28. The van der Waals surface area contributed by atoms with E-state index >= 15 is 0 Å². The van der Waals surface area contributed by atoms with Crippen molar-refractivity contribution in [3.8, 4) is 0 Å². The highest BCUT2D eigenvalue weighted by Crippen LogP contribution is 2.15. The van der Waals surface area contributed by atoms with Crippen LogP contribution >= 0.6 is 10.7 Å². The van der Waals surface area contributed by atoms with Crippen LogP contribution in [-0.4, -0.2) is 27.3 Å². The van der Waals surface area contributed by atoms with Gasteiger partial charge in [-0.05, 0) is 38.3 Å². The molecule has 1 aliphatic heterocycles. The Hall–Kier alpha value is 0.200. The topological polar surface area (TPSA) is 46.2 Å². The molecule has 1 saturated heterocycles. The fourth-order valence-corrected chi connectivity index (χ4v) is 2.36. The first kappa shape index (κ1) is 10.3. The fourth-order valence-electron chi connectivity index (χ4n) is 1.48. The second-order valence-electron chi connectivity index (χ2n) is 3.24. The normalized spacial score (nSPS) is 25.6. The van der Waals surface area contributed by atoms with E-state index in [4.69, 9.17) is 10.7 Å². The summed E-state index contributed by atoms with van der Waals surface area (Å²) in [7, 11) is 1.83. The van der Waals surface area contributed by atoms with Gasteiger partial charge < -0.3 is 5.32 Å². The third kappa shape index (κ3) is 4.28. The van der Waals surface area contributed by atoms with Crippen LogP contribution in [0.15, 0.2) is 0 Å². The maximum atomic E-state index is 10.6. The Morgan fingerprint density at radius 1 is 1.50 bits per heavy atom. The second-order valence-corrected chi connectivity index (χ2v) is 6.14. The Morgan fingerprint density at radius 2 is 2.25 bits per heavy atom. The molecule has 1 rings (SSSR count). The molecule has 1 N–H and O–H groups in total. The standard InChI is InChI=1S/C7H14ClNO2S/c8-12(10,11)5-3-7-2-1-4-9-6-7/h7,9H,1-6H2. The molecule has 1 fully saturated rings. The van der Waals surface area contributed by atoms with Crippen LogP contribution in [0.3, 0.4) is 0 Å². The molecule has 0 aliphatic carbocycles. The highest BCUT2D eigenvalue weighted by molar-refractivity contribution is 8.13. The Kier molecular flexibility index (Phi) is 3.80. The van der Waals surface area contributed by atoms with Crippen LogP contribution in [0.4, 0.5) is 0 Å². The van der Waals surface area contributed by atoms with Gasteiger partial charge in [-0.1, -0.05) is 0 Å². The van der Waals surface area contributed by atoms with Crippen LogP contribution in [0.25, 0.3) is 0 Å². The molecule has 1 aliphatic rings. The molecule has 3 nitrogen and oxygen atoms in total. The summed E-state index contributed by atoms with van der Waals surface area (Å²) in [5.74, 6) is 0.605. The van der Waals surface area contributed by atoms with Crippen molar-refractivity contribution in [3.05, 3.63) is 0 Å². The predicted octanol–water partition coefficient (Wildman–Crippen LogP) is 0.945. The van der Waals surface area contributed by atoms with Crippen molar-refractivity contribution in [2.24, 2.45) is 5.92 Å². The molecule has 0 amide bonds. The molecular weight excluding hydrogens is 198 g/mol. The highest BCUT2D eigenvalue weighted by atomic mass is 35.7. The quantitative estimate of drug-likeness (QED) is 0.707. The summed E-state index contributed by atoms with van der Waals surface area (Å²) >= 11 is 0. The third-order valence-corrected chi connectivity index (χ3v) is 3.36. The molecule has 5 heteroatoms. The third-order valence-electron chi connectivity index (χ3n) is 2.17. The minimum absolute atomic E-state index is 0.112. The van der Waals surface area contributed by atoms with Crippen LogP contribution in [0, 0.1) is 5.92 Å². The molecule has 1 atom stereocenters. The van der Waals surface area contributed by atoms with Crippen molar-refractivity contribution in [3.63, 3.8) is 0 Å². The SMILES string of the molecule is O=S(=O)(Cl)CCC1CCCNC1. The molecule has 1 unspecified atom stereocenters. The Morgan fingerprint density at radius 3 is 2.75 bits per heavy atom. The van der Waals surface area contributed by atoms with Gasteiger partial charge in [-0.25, -0.2) is 8.42 Å². The van der Waals surface area contributed by atoms with E-state index in [0.29, 0.717) is 12.3 Å². The predicted molar refractivity (Wildman–Crippen MR) is 49.9 cm³/mol. The molecule has 0 radical (unpaired) electrons. The minimum Gasteiger partial charge on any atom is -0.316 e. The Bertz CT molecular complexity index is 222. The fraction of sp³-hybridized carbons (Fsp3) is 1.00. The first-order valence-electron chi connectivity index (χ1n) is 4.21. The second kappa shape index (κ2) is 4.44. The molecule has 0 saturated carbocycles. The molecule has 0 bridgehead atoms. The summed E-state index contributed by atoms with van der Waals surface area (Å²) in [6, 6.07) is 0. The zero-order valence-electron chi connectivity index (χ0n) is 6.92. The van der Waals surface area contributed by atoms with Crippen LogP contribution in [-0.2, 0) is 9.05 Å². The maximum Gasteiger partial charge on any atom is 0.232 e. The summed E-state index contributed by atoms with van der Waals surface area (Å²) in [6.45, 7) is 2.00. The van der Waals surface area contributed by atoms with Crippen molar-refractivity contribution < 1.29 is 8.42 Å². The molecule has 0 spiro atoms. The average molecular weight is 212 g/mol. The van der Waals surface area contributed by atoms with E-state index in [-0.39, 0.29) is 5.75 Å². The smallest absolute Gasteiger partial charge is 0.232 e. The zero-order valence-corrected chi connectivity index (χ0v) is 8.50. The van der Waals surface area contributed by atoms with Crippen molar-refractivity contribution in [2.45, 2.75) is 19.3 Å². The monoisotopic (exact) mass is 211 g/mol. The van der Waals surface area contributed by atoms with Crippen molar-refractivity contribution in [1.29, 1.82) is 0 Å². The number of halogens is 1. The number of rotatable bonds is 3. The molecule has 12 heavy (non-hydrogen) atoms. The van der Waals surface area contributed by atoms with Gasteiger partial charge in [0.2, 0.25) is 9.05 Å². The first-order chi connectivity index (χ1) is 5.58. The summed E-state index contributed by atoms with van der Waals surface area (Å²) in [5.41, 5.74) is 0. The lowest BCUT2D eigenvalue weighted by Crippen LogP contribution is -2.30. The summed E-state index contributed by atoms with van der Waals surface area (Å²) < 4.78 is 21.2. The molecular formula is C7H14ClNO2S. The summed E-state index contributed by atoms with van der Waals surface area (Å²) in [4.78, 5) is 0. The van der Waals surface area contributed by atoms with Gasteiger partial charge in [0.05, 0.1) is 5.75 Å². The van der Waals surface area contributed by atoms with Crippen molar-refractivity contribution in [2.75, 3.05) is 18.8 Å². The van der Waals surface area contributed by atoms with Crippen LogP contribution < -0.4 is 5.32 Å². The van der Waals surface area contributed by atoms with Gasteiger partial charge >= 0.3 is 0 Å². The molecule has 0 aromatic rings. The number of hydrogen-bond acceptors (Lipinski definition) is 3. The van der Waals surface area contributed by atoms with E-state index in [1.165, 1.54) is 0 Å². The van der Waals surface area contributed by atoms with Crippen molar-refractivity contribution in [1.82, 2.24) is 5.32 Å². The van der Waals surface area contributed by atoms with Crippen LogP contribution in [0.1, 0.15) is 19.3 Å². The Labute approximate surface area is 77.9 Å². The zero-order chi connectivity index (χ0) is 9.03. The highest BCUT2D eigenvalue weighted by Gasteiger charge is 2.15. The largest absolute Gasteiger partial charge is 0.316 e. The molecule has 0 aromatic heterocycles. The lowest BCUT2D eigenvalue weighted by Gasteiger charge is -2.21. The van der Waals surface area contributed by atoms with Gasteiger partial charge in [0, 0.05) is 10.7 Å². The summed E-state index contributed by atoms with van der Waals surface area (Å²) in [6.07, 6.45) is 2.96. The van der Waals surface area contributed by atoms with E-state index < -0.39 is 9.05 Å². The van der Waals surface area contributed by atoms with Gasteiger partial charge in [-0.15, -0.1) is 0 Å². The van der Waals surface area contributed by atoms with Crippen molar-refractivity contribution >= 4 is 19.7 Å². The Balaban J connectivity index is 2.22. The molecule has 72 valence electrons. The van der Waals surface area contributed by atoms with E-state index in [2.05, 4.69) is 5.32 Å². The van der Waals surface area contributed by atoms with E-state index in [9.17, 15) is 8.42 Å². The lowest BCUT2D eigenvalue weighted by molar-refractivity contribution is 0.369. The summed E-state index contributed by atoms with van der Waals surface area (Å²) in [5, 5.41) is 3.23. The number of piperidine rings is 1. The van der Waals surface area contributed by atoms with Gasteiger partial charge in [-0.3, -0.25) is 0 Å².